The molecule has 0 aliphatic heterocycles. The van der Waals surface area contributed by atoms with Gasteiger partial charge in [-0.1, -0.05) is 60.1 Å². The molecule has 0 bridgehead atoms. The van der Waals surface area contributed by atoms with Crippen LogP contribution in [0.15, 0.2) is 60.8 Å². The van der Waals surface area contributed by atoms with Crippen molar-refractivity contribution in [3.8, 4) is 0 Å². The quantitative estimate of drug-likeness (QED) is 0.0391. The van der Waals surface area contributed by atoms with E-state index in [0.29, 0.717) is 11.7 Å². The lowest BCUT2D eigenvalue weighted by Crippen LogP contribution is -2.81. The van der Waals surface area contributed by atoms with Crippen molar-refractivity contribution in [3.63, 3.8) is 0 Å². The SMILES string of the molecule is Clc1c[n+](Cc2ccccc2)c(Cl)c2ccccc12.Fc1c(F)c(F)c([B-](c2c(F)c(F)c(F)c(F)c2F)(c2c(F)c(F)c(F)c(F)c2F)c2c(F)c(F)c(F)c(F)c2F)c(F)c1F. The van der Waals surface area contributed by atoms with Gasteiger partial charge in [-0.15, -0.1) is 21.9 Å². The van der Waals surface area contributed by atoms with Crippen molar-refractivity contribution < 1.29 is 92.4 Å². The molecule has 0 saturated heterocycles. The molecule has 0 fully saturated rings. The van der Waals surface area contributed by atoms with Gasteiger partial charge in [0.1, 0.15) is 57.7 Å². The van der Waals surface area contributed by atoms with Crippen molar-refractivity contribution in [2.75, 3.05) is 0 Å². The fraction of sp³-hybridized carbons (Fsp3) is 0.0250. The van der Waals surface area contributed by atoms with E-state index >= 15 is 35.1 Å². The maximum atomic E-state index is 15.4. The van der Waals surface area contributed by atoms with E-state index in [-0.39, 0.29) is 0 Å². The molecule has 334 valence electrons. The molecule has 0 aliphatic rings. The molecular weight excluding hydrogens is 956 g/mol. The lowest BCUT2D eigenvalue weighted by atomic mass is 9.12. The minimum atomic E-state index is -7.22. The van der Waals surface area contributed by atoms with Crippen LogP contribution >= 0.6 is 23.2 Å². The average Bonchev–Trinajstić information content (AvgIpc) is 3.28. The predicted molar refractivity (Wildman–Crippen MR) is 189 cm³/mol. The monoisotopic (exact) mass is 967 g/mol. The summed E-state index contributed by atoms with van der Waals surface area (Å²) >= 11 is 12.8. The second-order valence-electron chi connectivity index (χ2n) is 13.2. The van der Waals surface area contributed by atoms with Crippen LogP contribution in [0.5, 0.6) is 0 Å². The molecule has 24 heteroatoms. The molecule has 7 rings (SSSR count). The van der Waals surface area contributed by atoms with E-state index in [0.717, 1.165) is 15.8 Å². The maximum Gasteiger partial charge on any atom is 0.283 e. The molecule has 1 nitrogen and oxygen atoms in total. The fourth-order valence-corrected chi connectivity index (χ4v) is 7.61. The second-order valence-corrected chi connectivity index (χ2v) is 14.0. The molecule has 0 aliphatic carbocycles. The highest BCUT2D eigenvalue weighted by Gasteiger charge is 2.52. The number of rotatable bonds is 6. The number of benzene rings is 6. The van der Waals surface area contributed by atoms with E-state index in [1.165, 1.54) is 5.56 Å². The van der Waals surface area contributed by atoms with Crippen molar-refractivity contribution in [3.05, 3.63) is 193 Å². The molecule has 6 aromatic carbocycles. The first-order valence-corrected chi connectivity index (χ1v) is 17.7. The number of hydrogen-bond acceptors (Lipinski definition) is 0. The molecule has 0 atom stereocenters. The predicted octanol–water partition coefficient (Wildman–Crippen LogP) is 10.3. The first-order chi connectivity index (χ1) is 30.0. The van der Waals surface area contributed by atoms with Crippen LogP contribution in [0, 0.1) is 116 Å². The summed E-state index contributed by atoms with van der Waals surface area (Å²) in [5, 5.41) is 3.39. The van der Waals surface area contributed by atoms with E-state index in [1.807, 2.05) is 53.2 Å². The summed E-state index contributed by atoms with van der Waals surface area (Å²) in [7, 11) is 0. The van der Waals surface area contributed by atoms with Gasteiger partial charge in [0.05, 0.1) is 5.39 Å². The Morgan fingerprint density at radius 1 is 0.328 bits per heavy atom. The Morgan fingerprint density at radius 3 is 0.875 bits per heavy atom. The minimum absolute atomic E-state index is 0.712. The van der Waals surface area contributed by atoms with Crippen molar-refractivity contribution in [1.82, 2.24) is 0 Å². The Labute approximate surface area is 353 Å². The van der Waals surface area contributed by atoms with Crippen LogP contribution in [0.3, 0.4) is 0 Å². The highest BCUT2D eigenvalue weighted by atomic mass is 35.5. The number of aromatic nitrogens is 1. The molecule has 7 aromatic rings. The summed E-state index contributed by atoms with van der Waals surface area (Å²) in [6.45, 7) is 0.713. The summed E-state index contributed by atoms with van der Waals surface area (Å²) in [6.07, 6.45) is -5.33. The van der Waals surface area contributed by atoms with E-state index in [1.54, 1.807) is 0 Å². The zero-order valence-electron chi connectivity index (χ0n) is 30.3. The highest BCUT2D eigenvalue weighted by Crippen LogP contribution is 2.31. The van der Waals surface area contributed by atoms with Gasteiger partial charge >= 0.3 is 0 Å². The molecular formula is C40H12BCl2F20N. The molecule has 0 radical (unpaired) electrons. The molecule has 0 amide bonds. The molecule has 1 aromatic heterocycles. The van der Waals surface area contributed by atoms with Crippen LogP contribution in [-0.4, -0.2) is 6.15 Å². The number of nitrogens with zero attached hydrogens (tertiary/aromatic N) is 1. The molecule has 1 heterocycles. The van der Waals surface area contributed by atoms with Gasteiger partial charge in [0, 0.05) is 10.9 Å². The maximum absolute atomic E-state index is 15.4. The normalized spacial score (nSPS) is 11.7. The number of halogens is 22. The topological polar surface area (TPSA) is 3.88 Å². The first kappa shape index (κ1) is 47.5. The Balaban J connectivity index is 0.000000295. The van der Waals surface area contributed by atoms with Gasteiger partial charge in [0.2, 0.25) is 0 Å². The zero-order chi connectivity index (χ0) is 47.6. The summed E-state index contributed by atoms with van der Waals surface area (Å²) in [4.78, 5) is 0. The van der Waals surface area contributed by atoms with Crippen molar-refractivity contribution >= 4 is 62.0 Å². The molecule has 0 spiro atoms. The van der Waals surface area contributed by atoms with E-state index < -0.39 is 144 Å². The Bertz CT molecular complexity index is 2680. The largest absolute Gasteiger partial charge is 0.283 e. The van der Waals surface area contributed by atoms with Crippen LogP contribution in [0.25, 0.3) is 10.8 Å². The van der Waals surface area contributed by atoms with Crippen molar-refractivity contribution in [2.45, 2.75) is 6.54 Å². The number of hydrogen-bond donors (Lipinski definition) is 0. The molecule has 0 unspecified atom stereocenters. The van der Waals surface area contributed by atoms with Crippen molar-refractivity contribution in [1.29, 1.82) is 0 Å². The highest BCUT2D eigenvalue weighted by molar-refractivity contribution is 7.20. The van der Waals surface area contributed by atoms with Crippen molar-refractivity contribution in [2.24, 2.45) is 0 Å². The van der Waals surface area contributed by atoms with Crippen LogP contribution < -0.4 is 26.4 Å². The van der Waals surface area contributed by atoms with Gasteiger partial charge in [-0.25, -0.2) is 87.8 Å². The fourth-order valence-electron chi connectivity index (χ4n) is 7.06. The second kappa shape index (κ2) is 17.5. The van der Waals surface area contributed by atoms with Gasteiger partial charge in [0.25, 0.3) is 5.15 Å². The molecule has 0 N–H and O–H groups in total. The van der Waals surface area contributed by atoms with Gasteiger partial charge in [-0.2, -0.15) is 4.57 Å². The molecule has 0 saturated carbocycles. The van der Waals surface area contributed by atoms with Gasteiger partial charge in [0.15, 0.2) is 82.5 Å². The van der Waals surface area contributed by atoms with E-state index in [9.17, 15) is 52.7 Å². The third kappa shape index (κ3) is 7.23. The van der Waals surface area contributed by atoms with E-state index in [2.05, 4.69) is 12.1 Å². The van der Waals surface area contributed by atoms with Gasteiger partial charge < -0.3 is 0 Å². The Kier molecular flexibility index (Phi) is 13.0. The minimum Gasteiger partial charge on any atom is -0.207 e. The lowest BCUT2D eigenvalue weighted by molar-refractivity contribution is -0.684. The molecule has 64 heavy (non-hydrogen) atoms. The smallest absolute Gasteiger partial charge is 0.207 e. The Morgan fingerprint density at radius 2 is 0.578 bits per heavy atom. The summed E-state index contributed by atoms with van der Waals surface area (Å²) in [6, 6.07) is 18.1. The van der Waals surface area contributed by atoms with Crippen LogP contribution in [-0.2, 0) is 6.54 Å². The summed E-state index contributed by atoms with van der Waals surface area (Å²) < 4.78 is 296. The third-order valence-electron chi connectivity index (χ3n) is 9.83. The lowest BCUT2D eigenvalue weighted by Gasteiger charge is -2.44. The average molecular weight is 968 g/mol. The van der Waals surface area contributed by atoms with Gasteiger partial charge in [-0.3, -0.25) is 0 Å². The first-order valence-electron chi connectivity index (χ1n) is 17.0. The van der Waals surface area contributed by atoms with Crippen LogP contribution in [0.1, 0.15) is 5.56 Å². The third-order valence-corrected chi connectivity index (χ3v) is 10.6. The zero-order valence-corrected chi connectivity index (χ0v) is 31.8. The summed E-state index contributed by atoms with van der Waals surface area (Å²) in [5.41, 5.74) is -13.1. The number of fused-ring (bicyclic) bond motifs is 1. The van der Waals surface area contributed by atoms with E-state index in [4.69, 9.17) is 23.2 Å². The number of pyridine rings is 1. The van der Waals surface area contributed by atoms with Gasteiger partial charge in [-0.05, 0) is 17.7 Å². The van der Waals surface area contributed by atoms with Crippen LogP contribution in [0.4, 0.5) is 87.8 Å². The summed E-state index contributed by atoms with van der Waals surface area (Å²) in [5.74, 6) is -71.4. The standard InChI is InChI=1S/C24BF20.C16H12Cl2N/c26-5-1(6(27)14(35)21(42)13(5)34)25(2-7(28)15(36)22(43)16(37)8(2)29,3-9(30)17(38)23(44)18(39)10(3)31)4-11(32)19(40)24(45)20(41)12(4)33;17-15-11-19(10-12-6-2-1-3-7-12)16(18)14-9-5-4-8-13(14)15/h;1-9,11H,10H2/q-1;+1. The van der Waals surface area contributed by atoms with Crippen LogP contribution in [0.2, 0.25) is 10.2 Å². The Hall–Kier alpha value is -6.03.